The largest absolute Gasteiger partial charge is 0.471 e. The van der Waals surface area contributed by atoms with Crippen molar-refractivity contribution < 1.29 is 27.2 Å². The van der Waals surface area contributed by atoms with Crippen LogP contribution in [-0.2, 0) is 4.79 Å². The third-order valence-corrected chi connectivity index (χ3v) is 1.98. The van der Waals surface area contributed by atoms with Gasteiger partial charge in [-0.1, -0.05) is 11.6 Å². The Morgan fingerprint density at radius 3 is 2.33 bits per heavy atom. The molecule has 1 rings (SSSR count). The number of carbonyl (C=O) groups excluding carboxylic acids is 2. The second-order valence-corrected chi connectivity index (χ2v) is 3.44. The van der Waals surface area contributed by atoms with Gasteiger partial charge in [-0.2, -0.15) is 13.2 Å². The molecule has 0 aliphatic carbocycles. The van der Waals surface area contributed by atoms with E-state index in [1.54, 1.807) is 0 Å². The molecule has 4 nitrogen and oxygen atoms in total. The van der Waals surface area contributed by atoms with Crippen molar-refractivity contribution in [2.45, 2.75) is 6.18 Å². The average Bonchev–Trinajstić information content (AvgIpc) is 2.20. The van der Waals surface area contributed by atoms with Gasteiger partial charge in [-0.15, -0.1) is 0 Å². The molecule has 0 atom stereocenters. The quantitative estimate of drug-likeness (QED) is 0.779. The van der Waals surface area contributed by atoms with Crippen molar-refractivity contribution in [1.82, 2.24) is 5.32 Å². The summed E-state index contributed by atoms with van der Waals surface area (Å²) in [6.07, 6.45) is -5.18. The fourth-order valence-electron chi connectivity index (χ4n) is 0.918. The number of nitrogens with one attached hydrogen (secondary N) is 2. The number of hydrogen-bond acceptors (Lipinski definition) is 2. The molecule has 1 aromatic carbocycles. The Morgan fingerprint density at radius 1 is 1.22 bits per heavy atom. The Morgan fingerprint density at radius 2 is 1.83 bits per heavy atom. The summed E-state index contributed by atoms with van der Waals surface area (Å²) in [6.45, 7) is 0. The van der Waals surface area contributed by atoms with E-state index in [0.29, 0.717) is 0 Å². The lowest BCUT2D eigenvalue weighted by Crippen LogP contribution is -2.42. The van der Waals surface area contributed by atoms with Crippen LogP contribution in [0, 0.1) is 5.82 Å². The van der Waals surface area contributed by atoms with Gasteiger partial charge in [0.15, 0.2) is 0 Å². The highest BCUT2D eigenvalue weighted by Gasteiger charge is 2.39. The fraction of sp³-hybridized carbons (Fsp3) is 0.111. The molecule has 0 saturated carbocycles. The smallest absolute Gasteiger partial charge is 0.306 e. The van der Waals surface area contributed by atoms with Gasteiger partial charge in [-0.3, -0.25) is 10.1 Å². The summed E-state index contributed by atoms with van der Waals surface area (Å²) in [4.78, 5) is 21.4. The van der Waals surface area contributed by atoms with Crippen LogP contribution in [0.5, 0.6) is 0 Å². The van der Waals surface area contributed by atoms with Crippen molar-refractivity contribution in [2.24, 2.45) is 0 Å². The molecular formula is C9H5ClF4N2O2. The van der Waals surface area contributed by atoms with Gasteiger partial charge < -0.3 is 5.32 Å². The second-order valence-electron chi connectivity index (χ2n) is 3.03. The Bertz CT molecular complexity index is 490. The van der Waals surface area contributed by atoms with E-state index in [2.05, 4.69) is 0 Å². The number of benzene rings is 1. The van der Waals surface area contributed by atoms with E-state index >= 15 is 0 Å². The van der Waals surface area contributed by atoms with Crippen LogP contribution in [-0.4, -0.2) is 18.1 Å². The molecule has 0 saturated heterocycles. The Hall–Kier alpha value is -1.83. The van der Waals surface area contributed by atoms with E-state index in [0.717, 1.165) is 23.5 Å². The summed E-state index contributed by atoms with van der Waals surface area (Å²) in [6, 6.07) is 1.40. The lowest BCUT2D eigenvalue weighted by atomic mass is 10.3. The van der Waals surface area contributed by atoms with Gasteiger partial charge in [0.1, 0.15) is 5.82 Å². The summed E-state index contributed by atoms with van der Waals surface area (Å²) in [5.41, 5.74) is -0.134. The molecular weight excluding hydrogens is 280 g/mol. The van der Waals surface area contributed by atoms with E-state index < -0.39 is 23.9 Å². The number of anilines is 1. The molecule has 0 aliphatic heterocycles. The molecule has 2 N–H and O–H groups in total. The highest BCUT2D eigenvalue weighted by atomic mass is 35.5. The maximum atomic E-state index is 12.6. The zero-order valence-electron chi connectivity index (χ0n) is 8.44. The van der Waals surface area contributed by atoms with Gasteiger partial charge >= 0.3 is 18.1 Å². The standard InChI is InChI=1S/C9H5ClF4N2O2/c10-5-3-4(11)1-2-6(5)15-8(18)16-7(17)9(12,13)14/h1-3H,(H2,15,16,17,18). The number of alkyl halides is 3. The van der Waals surface area contributed by atoms with Crippen LogP contribution >= 0.6 is 11.6 Å². The number of amides is 3. The first kappa shape index (κ1) is 14.2. The van der Waals surface area contributed by atoms with E-state index in [9.17, 15) is 27.2 Å². The van der Waals surface area contributed by atoms with Crippen molar-refractivity contribution in [1.29, 1.82) is 0 Å². The maximum absolute atomic E-state index is 12.6. The lowest BCUT2D eigenvalue weighted by molar-refractivity contribution is -0.172. The minimum Gasteiger partial charge on any atom is -0.306 e. The van der Waals surface area contributed by atoms with Gasteiger partial charge in [0, 0.05) is 0 Å². The topological polar surface area (TPSA) is 58.2 Å². The molecule has 0 radical (unpaired) electrons. The van der Waals surface area contributed by atoms with E-state index in [-0.39, 0.29) is 10.7 Å². The molecule has 0 unspecified atom stereocenters. The maximum Gasteiger partial charge on any atom is 0.471 e. The summed E-state index contributed by atoms with van der Waals surface area (Å²) >= 11 is 5.51. The Labute approximate surface area is 103 Å². The monoisotopic (exact) mass is 284 g/mol. The lowest BCUT2D eigenvalue weighted by Gasteiger charge is -2.09. The van der Waals surface area contributed by atoms with Crippen LogP contribution in [0.15, 0.2) is 18.2 Å². The van der Waals surface area contributed by atoms with Crippen molar-refractivity contribution in [3.63, 3.8) is 0 Å². The molecule has 0 aliphatic rings. The van der Waals surface area contributed by atoms with Crippen molar-refractivity contribution in [3.05, 3.63) is 29.0 Å². The minimum atomic E-state index is -5.18. The molecule has 0 bridgehead atoms. The van der Waals surface area contributed by atoms with E-state index in [1.165, 1.54) is 0 Å². The molecule has 0 aromatic heterocycles. The molecule has 1 aromatic rings. The highest BCUT2D eigenvalue weighted by molar-refractivity contribution is 6.33. The number of halogens is 5. The van der Waals surface area contributed by atoms with E-state index in [1.807, 2.05) is 5.32 Å². The second kappa shape index (κ2) is 5.21. The van der Waals surface area contributed by atoms with Crippen molar-refractivity contribution >= 4 is 29.2 Å². The highest BCUT2D eigenvalue weighted by Crippen LogP contribution is 2.22. The molecule has 0 spiro atoms. The molecule has 0 heterocycles. The zero-order chi connectivity index (χ0) is 13.9. The first-order chi connectivity index (χ1) is 8.20. The summed E-state index contributed by atoms with van der Waals surface area (Å²) < 4.78 is 48.1. The predicted octanol–water partition coefficient (Wildman–Crippen LogP) is 2.69. The van der Waals surface area contributed by atoms with Gasteiger partial charge in [0.05, 0.1) is 10.7 Å². The van der Waals surface area contributed by atoms with Crippen LogP contribution in [0.2, 0.25) is 5.02 Å². The number of imide groups is 1. The summed E-state index contributed by atoms with van der Waals surface area (Å²) in [5.74, 6) is -3.10. The Kier molecular flexibility index (Phi) is 4.12. The van der Waals surface area contributed by atoms with Gasteiger partial charge in [0.25, 0.3) is 0 Å². The molecule has 3 amide bonds. The third kappa shape index (κ3) is 3.88. The first-order valence-corrected chi connectivity index (χ1v) is 4.72. The van der Waals surface area contributed by atoms with Gasteiger partial charge in [0.2, 0.25) is 0 Å². The van der Waals surface area contributed by atoms with Crippen LogP contribution in [0.25, 0.3) is 0 Å². The third-order valence-electron chi connectivity index (χ3n) is 1.66. The SMILES string of the molecule is O=C(NC(=O)C(F)(F)F)Nc1ccc(F)cc1Cl. The van der Waals surface area contributed by atoms with E-state index in [4.69, 9.17) is 11.6 Å². The molecule has 98 valence electrons. The predicted molar refractivity (Wildman–Crippen MR) is 54.6 cm³/mol. The fourth-order valence-corrected chi connectivity index (χ4v) is 1.13. The van der Waals surface area contributed by atoms with Gasteiger partial charge in [-0.05, 0) is 18.2 Å². The number of urea groups is 1. The van der Waals surface area contributed by atoms with Crippen LogP contribution in [0.4, 0.5) is 28.0 Å². The normalized spacial score (nSPS) is 10.9. The number of rotatable bonds is 1. The zero-order valence-corrected chi connectivity index (χ0v) is 9.19. The first-order valence-electron chi connectivity index (χ1n) is 4.34. The van der Waals surface area contributed by atoms with Crippen molar-refractivity contribution in [2.75, 3.05) is 5.32 Å². The average molecular weight is 285 g/mol. The Balaban J connectivity index is 2.68. The summed E-state index contributed by atoms with van der Waals surface area (Å²) in [5, 5.41) is 2.70. The van der Waals surface area contributed by atoms with Crippen LogP contribution < -0.4 is 10.6 Å². The number of carbonyl (C=O) groups is 2. The van der Waals surface area contributed by atoms with Crippen molar-refractivity contribution in [3.8, 4) is 0 Å². The van der Waals surface area contributed by atoms with Gasteiger partial charge in [-0.25, -0.2) is 9.18 Å². The van der Waals surface area contributed by atoms with Crippen LogP contribution in [0.3, 0.4) is 0 Å². The molecule has 0 fully saturated rings. The molecule has 18 heavy (non-hydrogen) atoms. The molecule has 9 heteroatoms. The summed E-state index contributed by atoms with van der Waals surface area (Å²) in [7, 11) is 0. The number of hydrogen-bond donors (Lipinski definition) is 2. The minimum absolute atomic E-state index is 0.134. The van der Waals surface area contributed by atoms with Crippen LogP contribution in [0.1, 0.15) is 0 Å².